The van der Waals surface area contributed by atoms with Gasteiger partial charge in [-0.15, -0.1) is 0 Å². The molecule has 0 saturated carbocycles. The second kappa shape index (κ2) is 8.02. The Morgan fingerprint density at radius 2 is 1.68 bits per heavy atom. The average Bonchev–Trinajstić information content (AvgIpc) is 2.45. The van der Waals surface area contributed by atoms with E-state index in [-0.39, 0.29) is 6.10 Å². The van der Waals surface area contributed by atoms with Gasteiger partial charge in [0.15, 0.2) is 0 Å². The van der Waals surface area contributed by atoms with Crippen LogP contribution in [0.3, 0.4) is 0 Å². The monoisotopic (exact) mass is 268 g/mol. The summed E-state index contributed by atoms with van der Waals surface area (Å²) >= 11 is 0. The fraction of sp³-hybridized carbons (Fsp3) is 0.600. The molecule has 0 bridgehead atoms. The van der Waals surface area contributed by atoms with Crippen LogP contribution in [0.2, 0.25) is 0 Å². The molecule has 0 aromatic heterocycles. The Hall–Kier alpha value is -1.26. The van der Waals surface area contributed by atoms with Gasteiger partial charge < -0.3 is 19.3 Å². The van der Waals surface area contributed by atoms with Gasteiger partial charge in [-0.1, -0.05) is 13.3 Å². The summed E-state index contributed by atoms with van der Waals surface area (Å²) in [6, 6.07) is 5.37. The van der Waals surface area contributed by atoms with Crippen molar-refractivity contribution in [3.05, 3.63) is 23.8 Å². The quantitative estimate of drug-likeness (QED) is 0.736. The molecular weight excluding hydrogens is 244 g/mol. The molecule has 0 amide bonds. The van der Waals surface area contributed by atoms with E-state index >= 15 is 0 Å². The first kappa shape index (κ1) is 15.8. The smallest absolute Gasteiger partial charge is 0.122 e. The van der Waals surface area contributed by atoms with Crippen LogP contribution in [0, 0.1) is 0 Å². The zero-order valence-electron chi connectivity index (χ0n) is 12.2. The van der Waals surface area contributed by atoms with Crippen molar-refractivity contribution in [3.8, 4) is 11.5 Å². The molecule has 0 spiro atoms. The number of rotatable bonds is 8. The molecule has 0 radical (unpaired) electrons. The summed E-state index contributed by atoms with van der Waals surface area (Å²) in [4.78, 5) is 0. The van der Waals surface area contributed by atoms with Gasteiger partial charge in [0.1, 0.15) is 17.6 Å². The van der Waals surface area contributed by atoms with Crippen LogP contribution < -0.4 is 9.47 Å². The third-order valence-corrected chi connectivity index (χ3v) is 3.04. The van der Waals surface area contributed by atoms with Gasteiger partial charge in [-0.2, -0.15) is 0 Å². The lowest BCUT2D eigenvalue weighted by molar-refractivity contribution is -0.0289. The largest absolute Gasteiger partial charge is 0.497 e. The Balaban J connectivity index is 2.76. The number of aliphatic hydroxyl groups is 1. The molecule has 2 unspecified atom stereocenters. The molecule has 0 heterocycles. The maximum Gasteiger partial charge on any atom is 0.122 e. The van der Waals surface area contributed by atoms with Gasteiger partial charge in [-0.25, -0.2) is 0 Å². The van der Waals surface area contributed by atoms with Crippen molar-refractivity contribution in [2.45, 2.75) is 38.9 Å². The molecule has 108 valence electrons. The highest BCUT2D eigenvalue weighted by Gasteiger charge is 2.18. The number of hydrogen-bond acceptors (Lipinski definition) is 4. The van der Waals surface area contributed by atoms with Crippen molar-refractivity contribution < 1.29 is 19.3 Å². The topological polar surface area (TPSA) is 47.9 Å². The van der Waals surface area contributed by atoms with Gasteiger partial charge in [0.25, 0.3) is 0 Å². The van der Waals surface area contributed by atoms with Crippen molar-refractivity contribution in [3.63, 3.8) is 0 Å². The third-order valence-electron chi connectivity index (χ3n) is 3.04. The molecule has 0 fully saturated rings. The molecular formula is C15H24O4. The van der Waals surface area contributed by atoms with Crippen LogP contribution in [-0.2, 0) is 4.74 Å². The van der Waals surface area contributed by atoms with E-state index in [0.29, 0.717) is 18.1 Å². The number of unbranched alkanes of at least 4 members (excludes halogenated alkanes) is 1. The van der Waals surface area contributed by atoms with Crippen LogP contribution in [0.15, 0.2) is 18.2 Å². The molecule has 4 nitrogen and oxygen atoms in total. The van der Waals surface area contributed by atoms with E-state index in [1.807, 2.05) is 6.92 Å². The number of benzene rings is 1. The summed E-state index contributed by atoms with van der Waals surface area (Å²) in [6.45, 7) is 4.64. The summed E-state index contributed by atoms with van der Waals surface area (Å²) < 4.78 is 16.0. The van der Waals surface area contributed by atoms with E-state index in [9.17, 15) is 5.11 Å². The highest BCUT2D eigenvalue weighted by molar-refractivity contribution is 5.39. The van der Waals surface area contributed by atoms with Crippen LogP contribution >= 0.6 is 0 Å². The fourth-order valence-corrected chi connectivity index (χ4v) is 1.78. The molecule has 4 heteroatoms. The lowest BCUT2D eigenvalue weighted by atomic mass is 10.0. The Morgan fingerprint density at radius 1 is 1.11 bits per heavy atom. The lowest BCUT2D eigenvalue weighted by Crippen LogP contribution is -2.19. The molecule has 0 aliphatic rings. The third kappa shape index (κ3) is 4.73. The summed E-state index contributed by atoms with van der Waals surface area (Å²) in [6.07, 6.45) is 1.12. The molecule has 1 N–H and O–H groups in total. The molecule has 0 aliphatic carbocycles. The Kier molecular flexibility index (Phi) is 6.67. The second-order valence-corrected chi connectivity index (χ2v) is 4.52. The maximum absolute atomic E-state index is 10.3. The Morgan fingerprint density at radius 3 is 2.16 bits per heavy atom. The number of aliphatic hydroxyl groups excluding tert-OH is 1. The van der Waals surface area contributed by atoms with Gasteiger partial charge in [0, 0.05) is 12.7 Å². The predicted molar refractivity (Wildman–Crippen MR) is 74.8 cm³/mol. The van der Waals surface area contributed by atoms with E-state index in [1.165, 1.54) is 0 Å². The molecule has 19 heavy (non-hydrogen) atoms. The molecule has 0 saturated heterocycles. The SMILES string of the molecule is CCCCOC(C)C(O)c1cc(OC)cc(OC)c1. The van der Waals surface area contributed by atoms with Gasteiger partial charge in [-0.3, -0.25) is 0 Å². The van der Waals surface area contributed by atoms with E-state index < -0.39 is 6.10 Å². The van der Waals surface area contributed by atoms with Crippen molar-refractivity contribution >= 4 is 0 Å². The minimum Gasteiger partial charge on any atom is -0.497 e. The van der Waals surface area contributed by atoms with Gasteiger partial charge in [0.05, 0.1) is 20.3 Å². The number of methoxy groups -OCH3 is 2. The highest BCUT2D eigenvalue weighted by atomic mass is 16.5. The molecule has 1 rings (SSSR count). The van der Waals surface area contributed by atoms with Crippen molar-refractivity contribution in [2.75, 3.05) is 20.8 Å². The van der Waals surface area contributed by atoms with Crippen molar-refractivity contribution in [1.82, 2.24) is 0 Å². The van der Waals surface area contributed by atoms with Gasteiger partial charge in [-0.05, 0) is 31.0 Å². The van der Waals surface area contributed by atoms with Crippen LogP contribution in [0.1, 0.15) is 38.4 Å². The van der Waals surface area contributed by atoms with Crippen LogP contribution in [0.25, 0.3) is 0 Å². The fourth-order valence-electron chi connectivity index (χ4n) is 1.78. The minimum atomic E-state index is -0.694. The minimum absolute atomic E-state index is 0.261. The van der Waals surface area contributed by atoms with Crippen LogP contribution in [0.5, 0.6) is 11.5 Å². The van der Waals surface area contributed by atoms with E-state index in [2.05, 4.69) is 6.92 Å². The van der Waals surface area contributed by atoms with E-state index in [0.717, 1.165) is 18.4 Å². The molecule has 2 atom stereocenters. The summed E-state index contributed by atoms with van der Waals surface area (Å²) in [7, 11) is 3.18. The highest BCUT2D eigenvalue weighted by Crippen LogP contribution is 2.28. The average molecular weight is 268 g/mol. The second-order valence-electron chi connectivity index (χ2n) is 4.52. The first-order chi connectivity index (χ1) is 9.12. The summed E-state index contributed by atoms with van der Waals surface area (Å²) in [5.74, 6) is 1.32. The first-order valence-electron chi connectivity index (χ1n) is 6.65. The zero-order chi connectivity index (χ0) is 14.3. The Bertz CT molecular complexity index is 356. The lowest BCUT2D eigenvalue weighted by Gasteiger charge is -2.21. The van der Waals surface area contributed by atoms with Crippen molar-refractivity contribution in [2.24, 2.45) is 0 Å². The number of hydrogen-bond donors (Lipinski definition) is 1. The number of ether oxygens (including phenoxy) is 3. The van der Waals surface area contributed by atoms with Crippen molar-refractivity contribution in [1.29, 1.82) is 0 Å². The normalized spacial score (nSPS) is 13.9. The van der Waals surface area contributed by atoms with E-state index in [4.69, 9.17) is 14.2 Å². The van der Waals surface area contributed by atoms with E-state index in [1.54, 1.807) is 32.4 Å². The molecule has 1 aromatic rings. The van der Waals surface area contributed by atoms with Gasteiger partial charge in [0.2, 0.25) is 0 Å². The standard InChI is InChI=1S/C15H24O4/c1-5-6-7-19-11(2)15(16)12-8-13(17-3)10-14(9-12)18-4/h8-11,15-16H,5-7H2,1-4H3. The maximum atomic E-state index is 10.3. The molecule has 0 aliphatic heterocycles. The zero-order valence-corrected chi connectivity index (χ0v) is 12.2. The first-order valence-corrected chi connectivity index (χ1v) is 6.65. The summed E-state index contributed by atoms with van der Waals surface area (Å²) in [5, 5.41) is 10.3. The predicted octanol–water partition coefficient (Wildman–Crippen LogP) is 2.94. The summed E-state index contributed by atoms with van der Waals surface area (Å²) in [5.41, 5.74) is 0.736. The van der Waals surface area contributed by atoms with Crippen LogP contribution in [0.4, 0.5) is 0 Å². The Labute approximate surface area is 115 Å². The van der Waals surface area contributed by atoms with Crippen LogP contribution in [-0.4, -0.2) is 32.0 Å². The van der Waals surface area contributed by atoms with Gasteiger partial charge >= 0.3 is 0 Å². The molecule has 1 aromatic carbocycles.